The molecule has 6 heteroatoms. The van der Waals surface area contributed by atoms with Gasteiger partial charge in [0.15, 0.2) is 0 Å². The van der Waals surface area contributed by atoms with Crippen molar-refractivity contribution >= 4 is 10.9 Å². The Morgan fingerprint density at radius 3 is 2.62 bits per heavy atom. The van der Waals surface area contributed by atoms with Crippen molar-refractivity contribution in [2.45, 2.75) is 32.1 Å². The Bertz CT molecular complexity index is 1070. The Morgan fingerprint density at radius 1 is 1.03 bits per heavy atom. The lowest BCUT2D eigenvalue weighted by Gasteiger charge is -2.30. The number of ether oxygens (including phenoxy) is 2. The highest BCUT2D eigenvalue weighted by molar-refractivity contribution is 5.86. The van der Waals surface area contributed by atoms with E-state index in [-0.39, 0.29) is 5.56 Å². The van der Waals surface area contributed by atoms with E-state index >= 15 is 0 Å². The molecule has 0 atom stereocenters. The molecule has 2 aliphatic rings. The fourth-order valence-corrected chi connectivity index (χ4v) is 4.67. The normalized spacial score (nSPS) is 18.7. The maximum absolute atomic E-state index is 14.7. The molecule has 1 saturated heterocycles. The van der Waals surface area contributed by atoms with Gasteiger partial charge in [-0.05, 0) is 49.7 Å². The van der Waals surface area contributed by atoms with Gasteiger partial charge in [-0.3, -0.25) is 0 Å². The van der Waals surface area contributed by atoms with Gasteiger partial charge in [-0.25, -0.2) is 8.78 Å². The molecule has 1 fully saturated rings. The van der Waals surface area contributed by atoms with Crippen LogP contribution in [0.2, 0.25) is 0 Å². The zero-order valence-electron chi connectivity index (χ0n) is 16.4. The molecule has 1 aromatic heterocycles. The summed E-state index contributed by atoms with van der Waals surface area (Å²) in [5.74, 6) is -2.52. The van der Waals surface area contributed by atoms with Gasteiger partial charge in [0.2, 0.25) is 5.79 Å². The van der Waals surface area contributed by atoms with E-state index < -0.39 is 17.4 Å². The second-order valence-corrected chi connectivity index (χ2v) is 7.86. The molecule has 0 spiro atoms. The lowest BCUT2D eigenvalue weighted by Crippen LogP contribution is -2.34. The number of hydrogen-bond donors (Lipinski definition) is 1. The van der Waals surface area contributed by atoms with E-state index in [0.29, 0.717) is 19.8 Å². The monoisotopic (exact) mass is 398 g/mol. The highest BCUT2D eigenvalue weighted by Gasteiger charge is 2.42. The maximum Gasteiger partial charge on any atom is 0.216 e. The summed E-state index contributed by atoms with van der Waals surface area (Å²) in [6, 6.07) is 10.0. The summed E-state index contributed by atoms with van der Waals surface area (Å²) in [5, 5.41) is 4.69. The van der Waals surface area contributed by atoms with E-state index in [1.807, 2.05) is 0 Å². The average Bonchev–Trinajstić information content (AvgIpc) is 3.16. The molecular formula is C23H24F2N2O2. The largest absolute Gasteiger partial charge is 0.342 e. The van der Waals surface area contributed by atoms with Crippen molar-refractivity contribution < 1.29 is 18.3 Å². The fourth-order valence-electron chi connectivity index (χ4n) is 4.67. The topological polar surface area (TPSA) is 35.4 Å². The Hall–Kier alpha value is -2.28. The summed E-state index contributed by atoms with van der Waals surface area (Å²) in [4.78, 5) is 0. The average molecular weight is 398 g/mol. The number of nitrogens with zero attached hydrogens (tertiary/aromatic N) is 1. The molecule has 29 heavy (non-hydrogen) atoms. The molecule has 3 aromatic rings. The van der Waals surface area contributed by atoms with Gasteiger partial charge < -0.3 is 19.4 Å². The third-order valence-electron chi connectivity index (χ3n) is 5.99. The Labute approximate surface area is 168 Å². The molecule has 0 aliphatic carbocycles. The van der Waals surface area contributed by atoms with E-state index in [1.165, 1.54) is 34.3 Å². The molecule has 4 nitrogen and oxygen atoms in total. The summed E-state index contributed by atoms with van der Waals surface area (Å²) >= 11 is 0. The molecule has 0 bridgehead atoms. The zero-order chi connectivity index (χ0) is 20.0. The van der Waals surface area contributed by atoms with Crippen molar-refractivity contribution in [1.82, 2.24) is 9.88 Å². The van der Waals surface area contributed by atoms with Gasteiger partial charge in [0, 0.05) is 41.2 Å². The number of aryl methyl sites for hydroxylation is 1. The minimum atomic E-state index is -1.26. The predicted octanol–water partition coefficient (Wildman–Crippen LogP) is 3.82. The van der Waals surface area contributed by atoms with Crippen LogP contribution in [-0.4, -0.2) is 30.9 Å². The summed E-state index contributed by atoms with van der Waals surface area (Å²) in [6.07, 6.45) is 1.83. The van der Waals surface area contributed by atoms with Crippen LogP contribution in [0.15, 0.2) is 36.4 Å². The van der Waals surface area contributed by atoms with Crippen LogP contribution in [-0.2, 0) is 34.6 Å². The molecule has 0 unspecified atom stereocenters. The van der Waals surface area contributed by atoms with Gasteiger partial charge in [-0.1, -0.05) is 11.6 Å². The number of hydrogen-bond acceptors (Lipinski definition) is 3. The lowest BCUT2D eigenvalue weighted by atomic mass is 10.0. The van der Waals surface area contributed by atoms with Crippen molar-refractivity contribution in [2.24, 2.45) is 0 Å². The standard InChI is InChI=1S/C23H24F2N2O2/c1-15-2-5-21-18(12-15)17-6-8-26-9-7-22(17)27(21)14-23(28-10-11-29-23)19-4-3-16(24)13-20(19)25/h2-5,12-13,26H,6-11,14H2,1H3. The molecule has 0 amide bonds. The van der Waals surface area contributed by atoms with Crippen LogP contribution >= 0.6 is 0 Å². The first-order chi connectivity index (χ1) is 14.1. The highest BCUT2D eigenvalue weighted by Crippen LogP contribution is 2.38. The minimum absolute atomic E-state index is 0.242. The van der Waals surface area contributed by atoms with Crippen molar-refractivity contribution in [3.05, 3.63) is 70.4 Å². The van der Waals surface area contributed by atoms with E-state index in [4.69, 9.17) is 9.47 Å². The predicted molar refractivity (Wildman–Crippen MR) is 107 cm³/mol. The van der Waals surface area contributed by atoms with Crippen LogP contribution in [0, 0.1) is 18.6 Å². The van der Waals surface area contributed by atoms with Crippen LogP contribution in [0.5, 0.6) is 0 Å². The first-order valence-corrected chi connectivity index (χ1v) is 10.1. The smallest absolute Gasteiger partial charge is 0.216 e. The fraction of sp³-hybridized carbons (Fsp3) is 0.391. The summed E-state index contributed by atoms with van der Waals surface area (Å²) in [7, 11) is 0. The number of benzene rings is 2. The number of fused-ring (bicyclic) bond motifs is 3. The molecule has 3 heterocycles. The lowest BCUT2D eigenvalue weighted by molar-refractivity contribution is -0.177. The van der Waals surface area contributed by atoms with Crippen molar-refractivity contribution in [2.75, 3.05) is 26.3 Å². The molecule has 152 valence electrons. The van der Waals surface area contributed by atoms with Crippen LogP contribution in [0.3, 0.4) is 0 Å². The van der Waals surface area contributed by atoms with Gasteiger partial charge in [0.05, 0.1) is 19.8 Å². The van der Waals surface area contributed by atoms with Crippen molar-refractivity contribution in [3.8, 4) is 0 Å². The van der Waals surface area contributed by atoms with Crippen LogP contribution in [0.1, 0.15) is 22.4 Å². The van der Waals surface area contributed by atoms with E-state index in [2.05, 4.69) is 35.0 Å². The van der Waals surface area contributed by atoms with Crippen molar-refractivity contribution in [3.63, 3.8) is 0 Å². The third kappa shape index (κ3) is 3.16. The maximum atomic E-state index is 14.7. The molecule has 1 N–H and O–H groups in total. The molecule has 0 saturated carbocycles. The SMILES string of the molecule is Cc1ccc2c(c1)c1c(n2CC2(c3ccc(F)cc3F)OCCO2)CCNCC1. The molecular weight excluding hydrogens is 374 g/mol. The Balaban J connectivity index is 1.68. The highest BCUT2D eigenvalue weighted by atomic mass is 19.1. The van der Waals surface area contributed by atoms with Crippen molar-refractivity contribution in [1.29, 1.82) is 0 Å². The number of aromatic nitrogens is 1. The first-order valence-electron chi connectivity index (χ1n) is 10.1. The molecule has 2 aliphatic heterocycles. The minimum Gasteiger partial charge on any atom is -0.342 e. The first kappa shape index (κ1) is 18.7. The second-order valence-electron chi connectivity index (χ2n) is 7.86. The Kier molecular flexibility index (Phi) is 4.65. The number of halogens is 2. The molecule has 2 aromatic carbocycles. The third-order valence-corrected chi connectivity index (χ3v) is 5.99. The number of nitrogens with one attached hydrogen (secondary N) is 1. The molecule has 0 radical (unpaired) electrons. The van der Waals surface area contributed by atoms with Gasteiger partial charge in [-0.15, -0.1) is 0 Å². The summed E-state index contributed by atoms with van der Waals surface area (Å²) in [6.45, 7) is 4.99. The Morgan fingerprint density at radius 2 is 1.83 bits per heavy atom. The van der Waals surface area contributed by atoms with E-state index in [9.17, 15) is 8.78 Å². The molecule has 5 rings (SSSR count). The van der Waals surface area contributed by atoms with Gasteiger partial charge >= 0.3 is 0 Å². The van der Waals surface area contributed by atoms with Gasteiger partial charge in [0.25, 0.3) is 0 Å². The van der Waals surface area contributed by atoms with E-state index in [1.54, 1.807) is 0 Å². The van der Waals surface area contributed by atoms with Crippen LogP contribution in [0.25, 0.3) is 10.9 Å². The van der Waals surface area contributed by atoms with Crippen LogP contribution in [0.4, 0.5) is 8.78 Å². The van der Waals surface area contributed by atoms with Crippen LogP contribution < -0.4 is 5.32 Å². The number of rotatable bonds is 3. The summed E-state index contributed by atoms with van der Waals surface area (Å²) < 4.78 is 42.4. The second kappa shape index (κ2) is 7.20. The quantitative estimate of drug-likeness (QED) is 0.729. The van der Waals surface area contributed by atoms with Gasteiger partial charge in [-0.2, -0.15) is 0 Å². The van der Waals surface area contributed by atoms with Gasteiger partial charge in [0.1, 0.15) is 11.6 Å². The van der Waals surface area contributed by atoms with E-state index in [0.717, 1.165) is 37.5 Å². The zero-order valence-corrected chi connectivity index (χ0v) is 16.4. The summed E-state index contributed by atoms with van der Waals surface area (Å²) in [5.41, 5.74) is 5.12.